The van der Waals surface area contributed by atoms with Crippen LogP contribution in [0.15, 0.2) is 23.0 Å². The SMILES string of the molecule is Cn1c(=O)n(C2CCC(=O)NC2=O)c2ccc(C#CCCCCCCCCC=O)cc21. The molecular weight excluding hydrogens is 394 g/mol. The first kappa shape index (κ1) is 22.5. The number of fused-ring (bicyclic) bond motifs is 1. The fourth-order valence-electron chi connectivity index (χ4n) is 3.98. The molecule has 1 N–H and O–H groups in total. The molecule has 2 heterocycles. The predicted octanol–water partition coefficient (Wildman–Crippen LogP) is 2.99. The number of benzene rings is 1. The molecule has 1 fully saturated rings. The Kier molecular flexibility index (Phi) is 7.82. The highest BCUT2D eigenvalue weighted by Crippen LogP contribution is 2.23. The maximum absolute atomic E-state index is 12.8. The van der Waals surface area contributed by atoms with Gasteiger partial charge in [0.25, 0.3) is 0 Å². The Morgan fingerprint density at radius 1 is 1.06 bits per heavy atom. The smallest absolute Gasteiger partial charge is 0.303 e. The summed E-state index contributed by atoms with van der Waals surface area (Å²) >= 11 is 0. The molecule has 1 aliphatic heterocycles. The minimum Gasteiger partial charge on any atom is -0.303 e. The van der Waals surface area contributed by atoms with Crippen LogP contribution in [0.4, 0.5) is 0 Å². The number of piperidine rings is 1. The highest BCUT2D eigenvalue weighted by Gasteiger charge is 2.31. The third-order valence-electron chi connectivity index (χ3n) is 5.72. The van der Waals surface area contributed by atoms with E-state index in [0.717, 1.165) is 55.9 Å². The lowest BCUT2D eigenvalue weighted by Gasteiger charge is -2.21. The quantitative estimate of drug-likeness (QED) is 0.291. The van der Waals surface area contributed by atoms with E-state index in [1.807, 2.05) is 18.2 Å². The average molecular weight is 424 g/mol. The molecule has 2 aromatic rings. The predicted molar refractivity (Wildman–Crippen MR) is 118 cm³/mol. The summed E-state index contributed by atoms with van der Waals surface area (Å²) in [6, 6.07) is 4.89. The first-order valence-electron chi connectivity index (χ1n) is 11.0. The zero-order valence-electron chi connectivity index (χ0n) is 18.0. The molecule has 1 aliphatic rings. The first-order valence-corrected chi connectivity index (χ1v) is 11.0. The number of nitrogens with one attached hydrogen (secondary N) is 1. The van der Waals surface area contributed by atoms with Crippen molar-refractivity contribution in [1.29, 1.82) is 0 Å². The van der Waals surface area contributed by atoms with Gasteiger partial charge >= 0.3 is 5.69 Å². The summed E-state index contributed by atoms with van der Waals surface area (Å²) in [4.78, 5) is 46.7. The Morgan fingerprint density at radius 3 is 2.55 bits per heavy atom. The second-order valence-electron chi connectivity index (χ2n) is 8.01. The van der Waals surface area contributed by atoms with Gasteiger partial charge in [0.05, 0.1) is 11.0 Å². The lowest BCUT2D eigenvalue weighted by molar-refractivity contribution is -0.135. The zero-order chi connectivity index (χ0) is 22.2. The highest BCUT2D eigenvalue weighted by atomic mass is 16.2. The van der Waals surface area contributed by atoms with Crippen LogP contribution in [0, 0.1) is 11.8 Å². The van der Waals surface area contributed by atoms with Crippen LogP contribution < -0.4 is 11.0 Å². The van der Waals surface area contributed by atoms with Crippen molar-refractivity contribution in [3.8, 4) is 11.8 Å². The second kappa shape index (κ2) is 10.8. The number of hydrogen-bond donors (Lipinski definition) is 1. The average Bonchev–Trinajstić information content (AvgIpc) is 3.00. The number of imide groups is 1. The number of nitrogens with zero attached hydrogens (tertiary/aromatic N) is 2. The van der Waals surface area contributed by atoms with Crippen LogP contribution in [0.25, 0.3) is 11.0 Å². The van der Waals surface area contributed by atoms with Crippen molar-refractivity contribution in [3.05, 3.63) is 34.2 Å². The normalized spacial score (nSPS) is 16.1. The van der Waals surface area contributed by atoms with E-state index in [1.165, 1.54) is 15.6 Å². The van der Waals surface area contributed by atoms with Crippen LogP contribution in [0.3, 0.4) is 0 Å². The van der Waals surface area contributed by atoms with Gasteiger partial charge in [-0.2, -0.15) is 0 Å². The Hall–Kier alpha value is -3.14. The third-order valence-corrected chi connectivity index (χ3v) is 5.72. The van der Waals surface area contributed by atoms with Crippen molar-refractivity contribution in [2.75, 3.05) is 0 Å². The summed E-state index contributed by atoms with van der Waals surface area (Å²) < 4.78 is 3.00. The molecule has 1 aromatic carbocycles. The van der Waals surface area contributed by atoms with E-state index in [-0.39, 0.29) is 18.0 Å². The molecule has 0 aliphatic carbocycles. The molecule has 3 rings (SSSR count). The molecule has 7 nitrogen and oxygen atoms in total. The molecule has 164 valence electrons. The van der Waals surface area contributed by atoms with E-state index in [1.54, 1.807) is 7.05 Å². The third kappa shape index (κ3) is 5.52. The Labute approximate surface area is 181 Å². The van der Waals surface area contributed by atoms with E-state index in [4.69, 9.17) is 0 Å². The summed E-state index contributed by atoms with van der Waals surface area (Å²) in [5, 5.41) is 2.32. The van der Waals surface area contributed by atoms with Crippen LogP contribution >= 0.6 is 0 Å². The molecule has 1 saturated heterocycles. The number of carbonyl (C=O) groups is 3. The van der Waals surface area contributed by atoms with E-state index < -0.39 is 11.9 Å². The van der Waals surface area contributed by atoms with Crippen molar-refractivity contribution in [3.63, 3.8) is 0 Å². The van der Waals surface area contributed by atoms with Gasteiger partial charge in [0.2, 0.25) is 11.8 Å². The molecule has 0 bridgehead atoms. The van der Waals surface area contributed by atoms with Crippen LogP contribution in [0.1, 0.15) is 75.8 Å². The van der Waals surface area contributed by atoms with Crippen LogP contribution in [0.2, 0.25) is 0 Å². The van der Waals surface area contributed by atoms with Gasteiger partial charge in [-0.1, -0.05) is 37.5 Å². The molecule has 1 unspecified atom stereocenters. The van der Waals surface area contributed by atoms with Gasteiger partial charge in [0.1, 0.15) is 12.3 Å². The summed E-state index contributed by atoms with van der Waals surface area (Å²) in [7, 11) is 1.68. The molecule has 7 heteroatoms. The lowest BCUT2D eigenvalue weighted by Crippen LogP contribution is -2.44. The number of unbranched alkanes of at least 4 members (excludes halogenated alkanes) is 7. The molecular formula is C24H29N3O4. The molecule has 0 radical (unpaired) electrons. The molecule has 2 amide bonds. The first-order chi connectivity index (χ1) is 15.0. The zero-order valence-corrected chi connectivity index (χ0v) is 18.0. The molecule has 0 saturated carbocycles. The lowest BCUT2D eigenvalue weighted by atomic mass is 10.1. The number of aldehydes is 1. The Bertz CT molecular complexity index is 1080. The number of carbonyl (C=O) groups excluding carboxylic acids is 3. The van der Waals surface area contributed by atoms with Crippen LogP contribution in [-0.2, 0) is 21.4 Å². The summed E-state index contributed by atoms with van der Waals surface area (Å²) in [5.74, 6) is 5.64. The summed E-state index contributed by atoms with van der Waals surface area (Å²) in [6.07, 6.45) is 9.63. The van der Waals surface area contributed by atoms with E-state index >= 15 is 0 Å². The van der Waals surface area contributed by atoms with E-state index in [0.29, 0.717) is 18.4 Å². The van der Waals surface area contributed by atoms with Gasteiger partial charge in [-0.05, 0) is 37.5 Å². The van der Waals surface area contributed by atoms with Crippen molar-refractivity contribution in [2.24, 2.45) is 7.05 Å². The van der Waals surface area contributed by atoms with Gasteiger partial charge in [-0.25, -0.2) is 4.79 Å². The van der Waals surface area contributed by atoms with Crippen LogP contribution in [0.5, 0.6) is 0 Å². The Balaban J connectivity index is 1.63. The minimum absolute atomic E-state index is 0.224. The number of hydrogen-bond acceptors (Lipinski definition) is 4. The van der Waals surface area contributed by atoms with Crippen molar-refractivity contribution in [1.82, 2.24) is 14.5 Å². The number of rotatable bonds is 9. The van der Waals surface area contributed by atoms with Gasteiger partial charge in [-0.3, -0.25) is 24.0 Å². The monoisotopic (exact) mass is 423 g/mol. The number of imidazole rings is 1. The fourth-order valence-corrected chi connectivity index (χ4v) is 3.98. The standard InChI is InChI=1S/C24H29N3O4/c1-26-21-17-18(11-9-7-5-3-2-4-6-8-10-16-28)12-13-19(21)27(24(26)31)20-14-15-22(29)25-23(20)30/h12-13,16-17,20H,2-8,10,14-15H2,1H3,(H,25,29,30). The van der Waals surface area contributed by atoms with Gasteiger partial charge in [0.15, 0.2) is 0 Å². The molecule has 1 aromatic heterocycles. The maximum atomic E-state index is 12.8. The van der Waals surface area contributed by atoms with Crippen molar-refractivity contribution >= 4 is 29.1 Å². The molecule has 31 heavy (non-hydrogen) atoms. The number of aryl methyl sites for hydroxylation is 1. The van der Waals surface area contributed by atoms with Gasteiger partial charge in [-0.15, -0.1) is 0 Å². The van der Waals surface area contributed by atoms with Gasteiger partial charge < -0.3 is 4.79 Å². The van der Waals surface area contributed by atoms with E-state index in [2.05, 4.69) is 17.2 Å². The van der Waals surface area contributed by atoms with Crippen molar-refractivity contribution in [2.45, 2.75) is 70.3 Å². The largest absolute Gasteiger partial charge is 0.329 e. The summed E-state index contributed by atoms with van der Waals surface area (Å²) in [6.45, 7) is 0. The Morgan fingerprint density at radius 2 is 1.81 bits per heavy atom. The fraction of sp³-hybridized carbons (Fsp3) is 0.500. The second-order valence-corrected chi connectivity index (χ2v) is 8.01. The highest BCUT2D eigenvalue weighted by molar-refractivity contribution is 6.00. The summed E-state index contributed by atoms with van der Waals surface area (Å²) in [5.41, 5.74) is 1.94. The number of amides is 2. The molecule has 0 spiro atoms. The minimum atomic E-state index is -0.677. The maximum Gasteiger partial charge on any atom is 0.329 e. The van der Waals surface area contributed by atoms with Crippen LogP contribution in [-0.4, -0.2) is 27.2 Å². The topological polar surface area (TPSA) is 90.2 Å². The number of aromatic nitrogens is 2. The van der Waals surface area contributed by atoms with Gasteiger partial charge in [0, 0.05) is 31.9 Å². The molecule has 1 atom stereocenters. The van der Waals surface area contributed by atoms with Crippen molar-refractivity contribution < 1.29 is 14.4 Å². The van der Waals surface area contributed by atoms with E-state index in [9.17, 15) is 19.2 Å².